The second kappa shape index (κ2) is 8.34. The summed E-state index contributed by atoms with van der Waals surface area (Å²) in [4.78, 5) is 51.7. The fourth-order valence-electron chi connectivity index (χ4n) is 3.55. The first-order valence-corrected chi connectivity index (χ1v) is 11.2. The molecule has 0 saturated heterocycles. The van der Waals surface area contributed by atoms with E-state index in [0.717, 1.165) is 10.1 Å². The summed E-state index contributed by atoms with van der Waals surface area (Å²) in [6, 6.07) is 5.19. The second-order valence-electron chi connectivity index (χ2n) is 8.23. The highest BCUT2D eigenvalue weighted by molar-refractivity contribution is 7.98. The van der Waals surface area contributed by atoms with Crippen LogP contribution in [0.25, 0.3) is 16.7 Å². The van der Waals surface area contributed by atoms with Gasteiger partial charge in [0.2, 0.25) is 0 Å². The average molecular weight is 453 g/mol. The fraction of sp³-hybridized carbons (Fsp3) is 0.364. The number of pyridine rings is 1. The number of aryl methyl sites for hydroxylation is 2. The molecule has 4 rings (SSSR count). The van der Waals surface area contributed by atoms with Crippen LogP contribution in [0.2, 0.25) is 0 Å². The SMILES string of the molecule is Cc1ccn2c(=O)cc(CSc3nc(C)nc4c3c(=O)n(C)c(=O)n4CC(C)C)nc2c1. The molecule has 32 heavy (non-hydrogen) atoms. The number of fused-ring (bicyclic) bond motifs is 2. The lowest BCUT2D eigenvalue weighted by Gasteiger charge is -2.15. The first-order valence-electron chi connectivity index (χ1n) is 10.3. The van der Waals surface area contributed by atoms with Crippen molar-refractivity contribution in [2.75, 3.05) is 0 Å². The molecule has 0 saturated carbocycles. The number of thioether (sulfide) groups is 1. The molecule has 0 atom stereocenters. The standard InChI is InChI=1S/C22H24N6O3S/c1-12(2)10-28-19-18(21(30)26(5)22(28)31)20(24-14(4)23-19)32-11-15-9-17(29)27-7-6-13(3)8-16(27)25-15/h6-9,12H,10-11H2,1-5H3. The Labute approximate surface area is 187 Å². The number of aromatic nitrogens is 6. The van der Waals surface area contributed by atoms with Crippen LogP contribution >= 0.6 is 11.8 Å². The molecule has 0 N–H and O–H groups in total. The van der Waals surface area contributed by atoms with Crippen LogP contribution < -0.4 is 16.8 Å². The summed E-state index contributed by atoms with van der Waals surface area (Å²) in [5, 5.41) is 0.772. The number of hydrogen-bond acceptors (Lipinski definition) is 7. The maximum atomic E-state index is 13.0. The minimum absolute atomic E-state index is 0.170. The first-order chi connectivity index (χ1) is 15.2. The van der Waals surface area contributed by atoms with Crippen LogP contribution in [0, 0.1) is 19.8 Å². The Kier molecular flexibility index (Phi) is 5.72. The van der Waals surface area contributed by atoms with Gasteiger partial charge >= 0.3 is 5.69 Å². The molecule has 0 amide bonds. The smallest absolute Gasteiger partial charge is 0.277 e. The summed E-state index contributed by atoms with van der Waals surface area (Å²) < 4.78 is 4.12. The largest absolute Gasteiger partial charge is 0.332 e. The van der Waals surface area contributed by atoms with Gasteiger partial charge in [-0.1, -0.05) is 25.6 Å². The first kappa shape index (κ1) is 21.9. The lowest BCUT2D eigenvalue weighted by atomic mass is 10.2. The van der Waals surface area contributed by atoms with Gasteiger partial charge in [-0.3, -0.25) is 23.1 Å². The Morgan fingerprint density at radius 1 is 1.06 bits per heavy atom. The molecule has 0 aliphatic carbocycles. The molecule has 4 aromatic heterocycles. The van der Waals surface area contributed by atoms with Crippen molar-refractivity contribution in [3.8, 4) is 0 Å². The van der Waals surface area contributed by atoms with Gasteiger partial charge in [0, 0.05) is 31.6 Å². The van der Waals surface area contributed by atoms with Gasteiger partial charge in [0.25, 0.3) is 11.1 Å². The zero-order valence-electron chi connectivity index (χ0n) is 18.6. The van der Waals surface area contributed by atoms with Gasteiger partial charge in [-0.05, 0) is 37.5 Å². The zero-order valence-corrected chi connectivity index (χ0v) is 19.4. The van der Waals surface area contributed by atoms with E-state index in [1.54, 1.807) is 13.1 Å². The van der Waals surface area contributed by atoms with E-state index in [4.69, 9.17) is 0 Å². The predicted octanol–water partition coefficient (Wildman–Crippen LogP) is 2.06. The van der Waals surface area contributed by atoms with Crippen molar-refractivity contribution in [1.29, 1.82) is 0 Å². The Bertz CT molecular complexity index is 1530. The van der Waals surface area contributed by atoms with Gasteiger partial charge in [0.05, 0.1) is 5.69 Å². The maximum Gasteiger partial charge on any atom is 0.332 e. The summed E-state index contributed by atoms with van der Waals surface area (Å²) in [5.74, 6) is 1.00. The molecule has 0 unspecified atom stereocenters. The summed E-state index contributed by atoms with van der Waals surface area (Å²) >= 11 is 1.30. The number of nitrogens with zero attached hydrogens (tertiary/aromatic N) is 6. The highest BCUT2D eigenvalue weighted by Crippen LogP contribution is 2.25. The molecule has 9 nitrogen and oxygen atoms in total. The van der Waals surface area contributed by atoms with Crippen LogP contribution in [0.15, 0.2) is 43.8 Å². The third-order valence-corrected chi connectivity index (χ3v) is 6.05. The van der Waals surface area contributed by atoms with Crippen LogP contribution in [0.5, 0.6) is 0 Å². The van der Waals surface area contributed by atoms with Crippen LogP contribution in [0.1, 0.15) is 30.9 Å². The van der Waals surface area contributed by atoms with Gasteiger partial charge in [0.1, 0.15) is 21.9 Å². The van der Waals surface area contributed by atoms with E-state index in [2.05, 4.69) is 15.0 Å². The molecule has 4 heterocycles. The van der Waals surface area contributed by atoms with E-state index in [1.807, 2.05) is 32.9 Å². The fourth-order valence-corrected chi connectivity index (χ4v) is 4.50. The molecule has 10 heteroatoms. The molecule has 0 aliphatic rings. The molecule has 0 aliphatic heterocycles. The molecule has 4 aromatic rings. The van der Waals surface area contributed by atoms with E-state index in [1.165, 1.54) is 33.8 Å². The van der Waals surface area contributed by atoms with Crippen molar-refractivity contribution < 1.29 is 0 Å². The summed E-state index contributed by atoms with van der Waals surface area (Å²) in [7, 11) is 1.46. The van der Waals surface area contributed by atoms with Crippen molar-refractivity contribution in [1.82, 2.24) is 28.5 Å². The van der Waals surface area contributed by atoms with Crippen molar-refractivity contribution in [3.63, 3.8) is 0 Å². The van der Waals surface area contributed by atoms with E-state index >= 15 is 0 Å². The van der Waals surface area contributed by atoms with E-state index in [0.29, 0.717) is 45.5 Å². The minimum atomic E-state index is -0.435. The third-order valence-electron chi connectivity index (χ3n) is 5.04. The van der Waals surface area contributed by atoms with Crippen molar-refractivity contribution >= 4 is 28.4 Å². The minimum Gasteiger partial charge on any atom is -0.277 e. The summed E-state index contributed by atoms with van der Waals surface area (Å²) in [6.45, 7) is 8.11. The second-order valence-corrected chi connectivity index (χ2v) is 9.20. The highest BCUT2D eigenvalue weighted by Gasteiger charge is 2.19. The molecule has 166 valence electrons. The monoisotopic (exact) mass is 452 g/mol. The van der Waals surface area contributed by atoms with Crippen LogP contribution in [0.3, 0.4) is 0 Å². The van der Waals surface area contributed by atoms with Gasteiger partial charge < -0.3 is 0 Å². The van der Waals surface area contributed by atoms with Gasteiger partial charge in [-0.15, -0.1) is 0 Å². The van der Waals surface area contributed by atoms with E-state index in [-0.39, 0.29) is 11.5 Å². The van der Waals surface area contributed by atoms with Crippen molar-refractivity contribution in [2.45, 2.75) is 45.0 Å². The Hall–Kier alpha value is -3.27. The Morgan fingerprint density at radius 3 is 2.53 bits per heavy atom. The lowest BCUT2D eigenvalue weighted by Crippen LogP contribution is -2.39. The number of rotatable bonds is 5. The highest BCUT2D eigenvalue weighted by atomic mass is 32.2. The van der Waals surface area contributed by atoms with E-state index in [9.17, 15) is 14.4 Å². The predicted molar refractivity (Wildman–Crippen MR) is 124 cm³/mol. The quantitative estimate of drug-likeness (QED) is 0.337. The topological polar surface area (TPSA) is 104 Å². The van der Waals surface area contributed by atoms with Crippen molar-refractivity contribution in [3.05, 3.63) is 72.7 Å². The molecule has 0 fully saturated rings. The van der Waals surface area contributed by atoms with Gasteiger partial charge in [0.15, 0.2) is 5.65 Å². The molecule has 0 radical (unpaired) electrons. The van der Waals surface area contributed by atoms with Crippen LogP contribution in [-0.2, 0) is 19.3 Å². The van der Waals surface area contributed by atoms with Crippen molar-refractivity contribution in [2.24, 2.45) is 13.0 Å². The molecule has 0 spiro atoms. The lowest BCUT2D eigenvalue weighted by molar-refractivity contribution is 0.498. The van der Waals surface area contributed by atoms with Gasteiger partial charge in [-0.25, -0.2) is 19.7 Å². The average Bonchev–Trinajstić information content (AvgIpc) is 2.72. The summed E-state index contributed by atoms with van der Waals surface area (Å²) in [6.07, 6.45) is 1.70. The Morgan fingerprint density at radius 2 is 1.81 bits per heavy atom. The summed E-state index contributed by atoms with van der Waals surface area (Å²) in [5.41, 5.74) is 1.49. The molecule has 0 bridgehead atoms. The van der Waals surface area contributed by atoms with E-state index < -0.39 is 11.2 Å². The van der Waals surface area contributed by atoms with Crippen LogP contribution in [0.4, 0.5) is 0 Å². The third kappa shape index (κ3) is 3.97. The molecule has 0 aromatic carbocycles. The Balaban J connectivity index is 1.83. The van der Waals surface area contributed by atoms with Crippen LogP contribution in [-0.4, -0.2) is 28.5 Å². The molecular formula is C22H24N6O3S. The molecular weight excluding hydrogens is 428 g/mol. The normalized spacial score (nSPS) is 11.7. The number of hydrogen-bond donors (Lipinski definition) is 0. The zero-order chi connectivity index (χ0) is 23.2. The maximum absolute atomic E-state index is 13.0. The van der Waals surface area contributed by atoms with Gasteiger partial charge in [-0.2, -0.15) is 0 Å².